The topological polar surface area (TPSA) is 17.8 Å². The third-order valence-electron chi connectivity index (χ3n) is 3.35. The van der Waals surface area contributed by atoms with Gasteiger partial charge in [-0.2, -0.15) is 0 Å². The first kappa shape index (κ1) is 13.3. The molecule has 0 saturated heterocycles. The molecule has 0 aliphatic heterocycles. The van der Waals surface area contributed by atoms with Crippen LogP contribution in [0.3, 0.4) is 0 Å². The molecule has 16 heavy (non-hydrogen) atoms. The monoisotopic (exact) mass is 222 g/mol. The Morgan fingerprint density at radius 2 is 1.75 bits per heavy atom. The molecule has 0 atom stereocenters. The summed E-state index contributed by atoms with van der Waals surface area (Å²) in [4.78, 5) is 4.12. The van der Waals surface area contributed by atoms with Gasteiger partial charge in [0, 0.05) is 17.9 Å². The molecule has 0 spiro atoms. The van der Waals surface area contributed by atoms with Crippen LogP contribution in [-0.4, -0.2) is 9.55 Å². The molecular formula is C14H26N2. The van der Waals surface area contributed by atoms with Crippen molar-refractivity contribution in [1.82, 2.24) is 9.55 Å². The largest absolute Gasteiger partial charge is 0.332 e. The van der Waals surface area contributed by atoms with E-state index in [1.54, 1.807) is 0 Å². The van der Waals surface area contributed by atoms with E-state index < -0.39 is 0 Å². The van der Waals surface area contributed by atoms with Gasteiger partial charge in [-0.3, -0.25) is 0 Å². The maximum absolute atomic E-state index is 4.12. The molecule has 0 saturated carbocycles. The van der Waals surface area contributed by atoms with Crippen molar-refractivity contribution in [3.63, 3.8) is 0 Å². The molecule has 2 heteroatoms. The quantitative estimate of drug-likeness (QED) is 0.597. The second-order valence-corrected chi connectivity index (χ2v) is 5.30. The van der Waals surface area contributed by atoms with Gasteiger partial charge in [0.2, 0.25) is 0 Å². The highest BCUT2D eigenvalue weighted by Gasteiger charge is 2.18. The number of hydrogen-bond donors (Lipinski definition) is 0. The minimum atomic E-state index is 0.223. The van der Waals surface area contributed by atoms with Gasteiger partial charge in [0.1, 0.15) is 0 Å². The van der Waals surface area contributed by atoms with Crippen molar-refractivity contribution >= 4 is 0 Å². The average Bonchev–Trinajstić information content (AvgIpc) is 2.77. The number of aromatic nitrogens is 2. The summed E-state index contributed by atoms with van der Waals surface area (Å²) in [7, 11) is 0. The second kappa shape index (κ2) is 6.72. The molecule has 0 unspecified atom stereocenters. The predicted molar refractivity (Wildman–Crippen MR) is 69.5 cm³/mol. The van der Waals surface area contributed by atoms with E-state index in [1.165, 1.54) is 44.9 Å². The normalized spacial score (nSPS) is 11.9. The van der Waals surface area contributed by atoms with Crippen LogP contribution < -0.4 is 0 Å². The van der Waals surface area contributed by atoms with Gasteiger partial charge in [-0.1, -0.05) is 45.4 Å². The minimum Gasteiger partial charge on any atom is -0.332 e. The summed E-state index contributed by atoms with van der Waals surface area (Å²) in [5.74, 6) is 0. The lowest BCUT2D eigenvalue weighted by atomic mass is 9.96. The first-order valence-electron chi connectivity index (χ1n) is 6.65. The van der Waals surface area contributed by atoms with Gasteiger partial charge >= 0.3 is 0 Å². The van der Waals surface area contributed by atoms with E-state index >= 15 is 0 Å². The Morgan fingerprint density at radius 3 is 2.38 bits per heavy atom. The first-order chi connectivity index (χ1) is 7.67. The molecule has 92 valence electrons. The van der Waals surface area contributed by atoms with Crippen LogP contribution in [0.15, 0.2) is 18.7 Å². The van der Waals surface area contributed by atoms with E-state index in [-0.39, 0.29) is 5.54 Å². The Kier molecular flexibility index (Phi) is 5.58. The number of rotatable bonds is 8. The molecule has 0 amide bonds. The molecule has 1 aromatic heterocycles. The van der Waals surface area contributed by atoms with Crippen molar-refractivity contribution in [3.05, 3.63) is 18.7 Å². The minimum absolute atomic E-state index is 0.223. The second-order valence-electron chi connectivity index (χ2n) is 5.30. The fourth-order valence-electron chi connectivity index (χ4n) is 2.08. The molecule has 2 nitrogen and oxygen atoms in total. The predicted octanol–water partition coefficient (Wildman–Crippen LogP) is 4.37. The summed E-state index contributed by atoms with van der Waals surface area (Å²) in [5.41, 5.74) is 0.223. The van der Waals surface area contributed by atoms with E-state index in [0.717, 1.165) is 0 Å². The van der Waals surface area contributed by atoms with Crippen molar-refractivity contribution in [2.45, 2.75) is 71.3 Å². The molecule has 0 N–H and O–H groups in total. The van der Waals surface area contributed by atoms with Crippen molar-refractivity contribution in [2.75, 3.05) is 0 Å². The standard InChI is InChI=1S/C14H26N2/c1-4-5-6-7-8-9-10-14(2,3)16-12-11-15-13-16/h11-13H,4-10H2,1-3H3. The smallest absolute Gasteiger partial charge is 0.0950 e. The average molecular weight is 222 g/mol. The summed E-state index contributed by atoms with van der Waals surface area (Å²) in [6.07, 6.45) is 15.3. The van der Waals surface area contributed by atoms with Gasteiger partial charge in [-0.25, -0.2) is 4.98 Å². The van der Waals surface area contributed by atoms with Crippen LogP contribution in [-0.2, 0) is 5.54 Å². The Bertz CT molecular complexity index is 262. The molecular weight excluding hydrogens is 196 g/mol. The van der Waals surface area contributed by atoms with Crippen molar-refractivity contribution in [3.8, 4) is 0 Å². The molecule has 0 fully saturated rings. The van der Waals surface area contributed by atoms with E-state index in [9.17, 15) is 0 Å². The maximum atomic E-state index is 4.12. The maximum Gasteiger partial charge on any atom is 0.0950 e. The number of nitrogens with zero attached hydrogens (tertiary/aromatic N) is 2. The summed E-state index contributed by atoms with van der Waals surface area (Å²) in [6.45, 7) is 6.85. The van der Waals surface area contributed by atoms with Gasteiger partial charge in [-0.05, 0) is 20.3 Å². The van der Waals surface area contributed by atoms with Gasteiger partial charge < -0.3 is 4.57 Å². The molecule has 1 heterocycles. The van der Waals surface area contributed by atoms with E-state index in [0.29, 0.717) is 0 Å². The zero-order chi connectivity index (χ0) is 11.9. The summed E-state index contributed by atoms with van der Waals surface area (Å²) < 4.78 is 2.22. The van der Waals surface area contributed by atoms with Crippen molar-refractivity contribution in [2.24, 2.45) is 0 Å². The molecule has 1 rings (SSSR count). The number of hydrogen-bond acceptors (Lipinski definition) is 1. The summed E-state index contributed by atoms with van der Waals surface area (Å²) in [5, 5.41) is 0. The lowest BCUT2D eigenvalue weighted by Gasteiger charge is -2.26. The Labute approximate surface area is 100 Å². The first-order valence-corrected chi connectivity index (χ1v) is 6.65. The van der Waals surface area contributed by atoms with Crippen LogP contribution in [0.1, 0.15) is 65.7 Å². The Morgan fingerprint density at radius 1 is 1.06 bits per heavy atom. The lowest BCUT2D eigenvalue weighted by molar-refractivity contribution is 0.313. The van der Waals surface area contributed by atoms with Gasteiger partial charge in [0.25, 0.3) is 0 Å². The van der Waals surface area contributed by atoms with Gasteiger partial charge in [0.05, 0.1) is 6.33 Å². The molecule has 0 radical (unpaired) electrons. The molecule has 0 aliphatic rings. The van der Waals surface area contributed by atoms with Crippen LogP contribution in [0.25, 0.3) is 0 Å². The van der Waals surface area contributed by atoms with E-state index in [2.05, 4.69) is 36.5 Å². The fourth-order valence-corrected chi connectivity index (χ4v) is 2.08. The SMILES string of the molecule is CCCCCCCCC(C)(C)n1ccnc1. The molecule has 0 aliphatic carbocycles. The Hall–Kier alpha value is -0.790. The fraction of sp³-hybridized carbons (Fsp3) is 0.786. The van der Waals surface area contributed by atoms with Crippen molar-refractivity contribution in [1.29, 1.82) is 0 Å². The van der Waals surface area contributed by atoms with Crippen LogP contribution in [0, 0.1) is 0 Å². The lowest BCUT2D eigenvalue weighted by Crippen LogP contribution is -2.24. The van der Waals surface area contributed by atoms with E-state index in [4.69, 9.17) is 0 Å². The highest BCUT2D eigenvalue weighted by atomic mass is 15.1. The van der Waals surface area contributed by atoms with Gasteiger partial charge in [0.15, 0.2) is 0 Å². The number of imidazole rings is 1. The Balaban J connectivity index is 2.17. The highest BCUT2D eigenvalue weighted by Crippen LogP contribution is 2.22. The number of unbranched alkanes of at least 4 members (excludes halogenated alkanes) is 5. The van der Waals surface area contributed by atoms with Crippen molar-refractivity contribution < 1.29 is 0 Å². The van der Waals surface area contributed by atoms with Crippen LogP contribution in [0.5, 0.6) is 0 Å². The van der Waals surface area contributed by atoms with Crippen LogP contribution in [0.2, 0.25) is 0 Å². The third-order valence-corrected chi connectivity index (χ3v) is 3.35. The van der Waals surface area contributed by atoms with Crippen LogP contribution >= 0.6 is 0 Å². The van der Waals surface area contributed by atoms with E-state index in [1.807, 2.05) is 12.5 Å². The molecule has 0 bridgehead atoms. The summed E-state index contributed by atoms with van der Waals surface area (Å²) >= 11 is 0. The highest BCUT2D eigenvalue weighted by molar-refractivity contribution is 4.85. The van der Waals surface area contributed by atoms with Gasteiger partial charge in [-0.15, -0.1) is 0 Å². The third kappa shape index (κ3) is 4.38. The zero-order valence-electron chi connectivity index (χ0n) is 11.1. The zero-order valence-corrected chi connectivity index (χ0v) is 11.1. The molecule has 1 aromatic rings. The van der Waals surface area contributed by atoms with Crippen LogP contribution in [0.4, 0.5) is 0 Å². The molecule has 0 aromatic carbocycles. The summed E-state index contributed by atoms with van der Waals surface area (Å²) in [6, 6.07) is 0.